The number of hydrogen-bond donors (Lipinski definition) is 1. The van der Waals surface area contributed by atoms with Gasteiger partial charge in [-0.25, -0.2) is 9.18 Å². The lowest BCUT2D eigenvalue weighted by Crippen LogP contribution is -2.49. The van der Waals surface area contributed by atoms with Crippen LogP contribution in [-0.4, -0.2) is 183 Å². The molecule has 5 amide bonds. The summed E-state index contributed by atoms with van der Waals surface area (Å²) < 4.78 is 114. The fourth-order valence-corrected chi connectivity index (χ4v) is 14.3. The predicted octanol–water partition coefficient (Wildman–Crippen LogP) is 14.3. The quantitative estimate of drug-likeness (QED) is 0.0610. The van der Waals surface area contributed by atoms with Crippen molar-refractivity contribution in [3.8, 4) is 11.1 Å². The Morgan fingerprint density at radius 2 is 1.24 bits per heavy atom. The smallest absolute Gasteiger partial charge is 0.416 e. The summed E-state index contributed by atoms with van der Waals surface area (Å²) in [5, 5.41) is 2.94. The fraction of sp³-hybridized carbons (Fsp3) is 0.412. The molecule has 3 saturated heterocycles. The first kappa shape index (κ1) is 76.6. The maximum atomic E-state index is 14.0. The van der Waals surface area contributed by atoms with Gasteiger partial charge in [0.1, 0.15) is 30.9 Å². The van der Waals surface area contributed by atoms with Gasteiger partial charge in [-0.2, -0.15) is 26.3 Å². The van der Waals surface area contributed by atoms with Gasteiger partial charge in [-0.1, -0.05) is 116 Å². The summed E-state index contributed by atoms with van der Waals surface area (Å²) in [5.74, 6) is -1.60. The highest BCUT2D eigenvalue weighted by molar-refractivity contribution is 5.96. The molecule has 3 heterocycles. The van der Waals surface area contributed by atoms with Crippen LogP contribution in [0.5, 0.6) is 0 Å². The Labute approximate surface area is 598 Å². The van der Waals surface area contributed by atoms with E-state index in [2.05, 4.69) is 46.1 Å². The molecule has 7 aromatic rings. The molecule has 1 aliphatic carbocycles. The van der Waals surface area contributed by atoms with E-state index in [0.717, 1.165) is 97.7 Å². The molecule has 103 heavy (non-hydrogen) atoms. The highest BCUT2D eigenvalue weighted by atomic mass is 19.4. The van der Waals surface area contributed by atoms with E-state index in [-0.39, 0.29) is 54.6 Å². The Morgan fingerprint density at radius 3 is 1.91 bits per heavy atom. The number of hydrogen-bond acceptors (Lipinski definition) is 11. The molecule has 4 aliphatic rings. The van der Waals surface area contributed by atoms with Crippen molar-refractivity contribution in [2.75, 3.05) is 112 Å². The van der Waals surface area contributed by atoms with Gasteiger partial charge < -0.3 is 43.6 Å². The molecule has 0 radical (unpaired) electrons. The number of nitrogens with zero attached hydrogens (tertiary/aromatic N) is 7. The highest BCUT2D eigenvalue weighted by Gasteiger charge is 2.50. The topological polar surface area (TPSA) is 148 Å². The molecule has 23 heteroatoms. The van der Waals surface area contributed by atoms with E-state index in [9.17, 15) is 54.7 Å². The maximum Gasteiger partial charge on any atom is 0.416 e. The monoisotopic (exact) mass is 1420 g/mol. The van der Waals surface area contributed by atoms with Crippen molar-refractivity contribution in [2.24, 2.45) is 0 Å². The summed E-state index contributed by atoms with van der Waals surface area (Å²) in [7, 11) is 7.48. The van der Waals surface area contributed by atoms with Gasteiger partial charge in [0.25, 0.3) is 17.7 Å². The van der Waals surface area contributed by atoms with Crippen molar-refractivity contribution in [3.05, 3.63) is 231 Å². The van der Waals surface area contributed by atoms with Gasteiger partial charge in [-0.05, 0) is 166 Å². The van der Waals surface area contributed by atoms with Crippen molar-refractivity contribution in [2.45, 2.75) is 107 Å². The number of nitrogens with one attached hydrogen (secondary N) is 1. The van der Waals surface area contributed by atoms with Crippen LogP contribution in [0.4, 0.5) is 41.2 Å². The molecule has 16 nitrogen and oxygen atoms in total. The minimum Gasteiger partial charge on any atom is -0.446 e. The van der Waals surface area contributed by atoms with Gasteiger partial charge in [0.15, 0.2) is 0 Å². The van der Waals surface area contributed by atoms with Crippen molar-refractivity contribution in [1.82, 2.24) is 34.3 Å². The Morgan fingerprint density at radius 1 is 0.621 bits per heavy atom. The number of likely N-dealkylation sites (tertiary alicyclic amines) is 2. The number of likely N-dealkylation sites (N-methyl/N-ethyl adjacent to an activating group) is 2. The number of amides is 5. The number of fused-ring (bicyclic) bond motifs is 2. The van der Waals surface area contributed by atoms with E-state index in [1.807, 2.05) is 136 Å². The number of para-hydroxylation sites is 1. The average molecular weight is 1430 g/mol. The van der Waals surface area contributed by atoms with Crippen molar-refractivity contribution in [3.63, 3.8) is 0 Å². The van der Waals surface area contributed by atoms with E-state index in [0.29, 0.717) is 80.9 Å². The molecule has 0 unspecified atom stereocenters. The number of piperidine rings is 2. The van der Waals surface area contributed by atoms with Crippen LogP contribution in [0.1, 0.15) is 122 Å². The van der Waals surface area contributed by atoms with E-state index < -0.39 is 59.2 Å². The molecule has 0 saturated carbocycles. The Bertz CT molecular complexity index is 4000. The Hall–Kier alpha value is -9.00. The van der Waals surface area contributed by atoms with Gasteiger partial charge in [0, 0.05) is 108 Å². The molecule has 3 aliphatic heterocycles. The number of halogens is 7. The van der Waals surface area contributed by atoms with Crippen LogP contribution in [0.2, 0.25) is 0 Å². The Kier molecular flexibility index (Phi) is 25.3. The van der Waals surface area contributed by atoms with Crippen LogP contribution < -0.4 is 5.32 Å². The van der Waals surface area contributed by atoms with Gasteiger partial charge in [0.05, 0.1) is 29.5 Å². The van der Waals surface area contributed by atoms with Gasteiger partial charge in [-0.3, -0.25) is 29.4 Å². The molecule has 7 aromatic carbocycles. The van der Waals surface area contributed by atoms with Crippen LogP contribution in [0.3, 0.4) is 0 Å². The average Bonchev–Trinajstić information content (AvgIpc) is 1.61. The number of anilines is 1. The first-order chi connectivity index (χ1) is 49.2. The summed E-state index contributed by atoms with van der Waals surface area (Å²) in [6.07, 6.45) is -6.06. The molecule has 2 atom stereocenters. The SMILES string of the molecule is CCCN(C)C(=O)c1ccc(CN(C)Cc2cccc(C(=O)N(C)CCN3CCC(OC(=O)Nc4ccccc4-c4ccccc4)CC3)c2)cc1.CCN(C)C(=O)CO[C@H]1Cc2ccccc2C12CCN(CC[C@@]1(c3ccc(F)cc3)CN(C(=O)c3cc(C(F)(F)F)cc(C(F)(F)F)c3)CO1)CC2. The lowest BCUT2D eigenvalue weighted by molar-refractivity contribution is -0.143. The number of carbonyl (C=O) groups excluding carboxylic acids is 5. The second kappa shape index (κ2) is 34.1. The zero-order valence-electron chi connectivity index (χ0n) is 59.2. The second-order valence-electron chi connectivity index (χ2n) is 27.4. The van der Waals surface area contributed by atoms with Crippen LogP contribution in [0.25, 0.3) is 11.1 Å². The lowest BCUT2D eigenvalue weighted by atomic mass is 9.72. The number of ether oxygens (including phenoxy) is 3. The summed E-state index contributed by atoms with van der Waals surface area (Å²) in [4.78, 5) is 77.8. The number of alkyl halides is 6. The fourth-order valence-electron chi connectivity index (χ4n) is 14.3. The van der Waals surface area contributed by atoms with Gasteiger partial charge in [0.2, 0.25) is 5.91 Å². The maximum absolute atomic E-state index is 14.0. The van der Waals surface area contributed by atoms with Crippen LogP contribution in [-0.2, 0) is 61.9 Å². The standard InChI is InChI=1S/C42H51N5O4.C38H40F7N3O4/c1-5-24-45(3)40(48)35-20-18-32(19-21-35)30-44(2)31-33-12-11-15-36(29-33)41(49)46(4)27-28-47-25-22-37(23-26-47)51-42(50)43-39-17-10-9-16-38(39)34-13-7-6-8-14-34;1-3-46(2)33(49)22-51-32-20-25-6-4-5-7-31(25)35(32)12-15-47(16-13-35)17-14-36(27-8-10-30(39)11-9-27)23-48(24-52-36)34(50)26-18-28(37(40,41)42)21-29(19-26)38(43,44)45/h6-21,29,37H,5,22-28,30-31H2,1-4H3,(H,43,50);4-11,18-19,21,32H,3,12-17,20,22-24H2,1-2H3/t;32-,36-/m.0/s1. The lowest BCUT2D eigenvalue weighted by Gasteiger charge is -2.44. The molecule has 1 spiro atoms. The summed E-state index contributed by atoms with van der Waals surface area (Å²) in [6, 6.07) is 47.9. The van der Waals surface area contributed by atoms with Crippen LogP contribution >= 0.6 is 0 Å². The molecule has 3 fully saturated rings. The molecule has 0 aromatic heterocycles. The highest BCUT2D eigenvalue weighted by Crippen LogP contribution is 2.49. The zero-order valence-corrected chi connectivity index (χ0v) is 59.2. The largest absolute Gasteiger partial charge is 0.446 e. The first-order valence-corrected chi connectivity index (χ1v) is 35.1. The van der Waals surface area contributed by atoms with E-state index in [1.54, 1.807) is 21.7 Å². The van der Waals surface area contributed by atoms with Crippen molar-refractivity contribution < 1.29 is 68.9 Å². The predicted molar refractivity (Wildman–Crippen MR) is 380 cm³/mol. The molecule has 548 valence electrons. The third kappa shape index (κ3) is 19.4. The molecule has 11 rings (SSSR count). The number of carbonyl (C=O) groups is 5. The Balaban J connectivity index is 0.000000221. The van der Waals surface area contributed by atoms with Gasteiger partial charge >= 0.3 is 18.4 Å². The number of rotatable bonds is 23. The van der Waals surface area contributed by atoms with Crippen molar-refractivity contribution in [1.29, 1.82) is 0 Å². The van der Waals surface area contributed by atoms with E-state index in [4.69, 9.17) is 14.2 Å². The second-order valence-corrected chi connectivity index (χ2v) is 27.4. The normalized spacial score (nSPS) is 17.7. The summed E-state index contributed by atoms with van der Waals surface area (Å²) in [6.45, 7) is 10.9. The van der Waals surface area contributed by atoms with Crippen molar-refractivity contribution >= 4 is 35.4 Å². The van der Waals surface area contributed by atoms with E-state index in [1.165, 1.54) is 35.4 Å². The molecule has 0 bridgehead atoms. The summed E-state index contributed by atoms with van der Waals surface area (Å²) >= 11 is 0. The van der Waals surface area contributed by atoms with Gasteiger partial charge in [-0.15, -0.1) is 0 Å². The molecular formula is C80H91F7N8O8. The third-order valence-corrected chi connectivity index (χ3v) is 20.2. The first-order valence-electron chi connectivity index (χ1n) is 35.1. The minimum atomic E-state index is -5.11. The minimum absolute atomic E-state index is 0.00141. The van der Waals surface area contributed by atoms with Crippen LogP contribution in [0.15, 0.2) is 170 Å². The third-order valence-electron chi connectivity index (χ3n) is 20.2. The molecule has 1 N–H and O–H groups in total. The van der Waals surface area contributed by atoms with E-state index >= 15 is 0 Å². The number of benzene rings is 7. The zero-order chi connectivity index (χ0) is 73.6. The summed E-state index contributed by atoms with van der Waals surface area (Å²) in [5.41, 5.74) is 3.78. The molecular weight excluding hydrogens is 1330 g/mol. The van der Waals surface area contributed by atoms with Crippen LogP contribution in [0, 0.1) is 5.82 Å².